The van der Waals surface area contributed by atoms with Gasteiger partial charge in [-0.05, 0) is 36.3 Å². The maximum absolute atomic E-state index is 12.4. The van der Waals surface area contributed by atoms with Crippen LogP contribution in [-0.2, 0) is 9.59 Å². The van der Waals surface area contributed by atoms with Gasteiger partial charge in [-0.2, -0.15) is 0 Å². The van der Waals surface area contributed by atoms with Crippen molar-refractivity contribution in [3.05, 3.63) is 70.4 Å². The predicted molar refractivity (Wildman–Crippen MR) is 93.1 cm³/mol. The summed E-state index contributed by atoms with van der Waals surface area (Å²) in [5.74, 6) is -0.728. The molecule has 0 saturated heterocycles. The molecule has 2 amide bonds. The van der Waals surface area contributed by atoms with Gasteiger partial charge >= 0.3 is 0 Å². The molecule has 0 radical (unpaired) electrons. The van der Waals surface area contributed by atoms with Crippen LogP contribution in [0, 0.1) is 6.92 Å². The highest BCUT2D eigenvalue weighted by atomic mass is 35.5. The summed E-state index contributed by atoms with van der Waals surface area (Å²) in [7, 11) is 0. The van der Waals surface area contributed by atoms with Crippen molar-refractivity contribution in [2.45, 2.75) is 13.8 Å². The van der Waals surface area contributed by atoms with Crippen molar-refractivity contribution in [1.82, 2.24) is 5.32 Å². The third-order valence-corrected chi connectivity index (χ3v) is 3.50. The van der Waals surface area contributed by atoms with Crippen molar-refractivity contribution in [3.8, 4) is 0 Å². The molecule has 2 aromatic rings. The molecule has 2 rings (SSSR count). The number of carbonyl (C=O) groups is 2. The molecule has 0 heterocycles. The van der Waals surface area contributed by atoms with Crippen molar-refractivity contribution < 1.29 is 9.59 Å². The van der Waals surface area contributed by atoms with Crippen LogP contribution in [0.1, 0.15) is 18.1 Å². The van der Waals surface area contributed by atoms with E-state index in [1.807, 2.05) is 43.3 Å². The van der Waals surface area contributed by atoms with E-state index >= 15 is 0 Å². The number of anilines is 1. The van der Waals surface area contributed by atoms with Gasteiger partial charge in [-0.15, -0.1) is 0 Å². The summed E-state index contributed by atoms with van der Waals surface area (Å²) in [6.45, 7) is 3.24. The second-order valence-corrected chi connectivity index (χ2v) is 5.48. The molecule has 2 N–H and O–H groups in total. The quantitative estimate of drug-likeness (QED) is 0.839. The minimum atomic E-state index is -0.413. The number of benzene rings is 2. The van der Waals surface area contributed by atoms with E-state index in [9.17, 15) is 9.59 Å². The normalized spacial score (nSPS) is 11.0. The van der Waals surface area contributed by atoms with Crippen LogP contribution in [0.4, 0.5) is 5.69 Å². The van der Waals surface area contributed by atoms with Crippen LogP contribution in [0.5, 0.6) is 0 Å². The van der Waals surface area contributed by atoms with Crippen LogP contribution in [0.15, 0.2) is 54.2 Å². The molecule has 0 aliphatic rings. The molecule has 0 spiro atoms. The van der Waals surface area contributed by atoms with Crippen LogP contribution in [0.2, 0.25) is 5.02 Å². The maximum atomic E-state index is 12.4. The van der Waals surface area contributed by atoms with Crippen LogP contribution in [-0.4, -0.2) is 11.8 Å². The van der Waals surface area contributed by atoms with Gasteiger partial charge in [0.1, 0.15) is 5.70 Å². The Morgan fingerprint density at radius 1 is 1.09 bits per heavy atom. The van der Waals surface area contributed by atoms with E-state index in [0.29, 0.717) is 10.7 Å². The molecule has 4 nitrogen and oxygen atoms in total. The fourth-order valence-electron chi connectivity index (χ4n) is 1.93. The predicted octanol–water partition coefficient (Wildman–Crippen LogP) is 3.76. The van der Waals surface area contributed by atoms with Crippen LogP contribution in [0.25, 0.3) is 6.08 Å². The van der Waals surface area contributed by atoms with Crippen LogP contribution >= 0.6 is 11.6 Å². The highest BCUT2D eigenvalue weighted by Crippen LogP contribution is 2.20. The molecule has 5 heteroatoms. The second-order valence-electron chi connectivity index (χ2n) is 5.07. The SMILES string of the molecule is CC(=O)NC(=Cc1ccccc1)C(=O)Nc1ccc(C)c(Cl)c1. The summed E-state index contributed by atoms with van der Waals surface area (Å²) in [5, 5.41) is 5.85. The molecule has 0 bridgehead atoms. The summed E-state index contributed by atoms with van der Waals surface area (Å²) in [6.07, 6.45) is 1.62. The molecule has 0 unspecified atom stereocenters. The average Bonchev–Trinajstić information content (AvgIpc) is 2.51. The van der Waals surface area contributed by atoms with Gasteiger partial charge in [0.25, 0.3) is 5.91 Å². The topological polar surface area (TPSA) is 58.2 Å². The van der Waals surface area contributed by atoms with Crippen molar-refractivity contribution in [3.63, 3.8) is 0 Å². The number of amides is 2. The molecule has 0 fully saturated rings. The van der Waals surface area contributed by atoms with Crippen molar-refractivity contribution in [1.29, 1.82) is 0 Å². The van der Waals surface area contributed by atoms with Gasteiger partial charge in [0.2, 0.25) is 5.91 Å². The number of hydrogen-bond acceptors (Lipinski definition) is 2. The molecule has 0 aromatic heterocycles. The molecule has 2 aromatic carbocycles. The third-order valence-electron chi connectivity index (χ3n) is 3.10. The zero-order valence-electron chi connectivity index (χ0n) is 12.9. The average molecular weight is 329 g/mol. The first-order valence-electron chi connectivity index (χ1n) is 7.07. The summed E-state index contributed by atoms with van der Waals surface area (Å²) < 4.78 is 0. The zero-order chi connectivity index (χ0) is 16.8. The van der Waals surface area contributed by atoms with E-state index < -0.39 is 5.91 Å². The lowest BCUT2D eigenvalue weighted by atomic mass is 10.2. The van der Waals surface area contributed by atoms with Gasteiger partial charge in [0.15, 0.2) is 0 Å². The van der Waals surface area contributed by atoms with E-state index in [2.05, 4.69) is 10.6 Å². The third kappa shape index (κ3) is 4.97. The number of hydrogen-bond donors (Lipinski definition) is 2. The Kier molecular flexibility index (Phi) is 5.55. The Morgan fingerprint density at radius 3 is 2.39 bits per heavy atom. The smallest absolute Gasteiger partial charge is 0.272 e. The molecule has 0 saturated carbocycles. The molecule has 0 atom stereocenters. The monoisotopic (exact) mass is 328 g/mol. The summed E-state index contributed by atoms with van der Waals surface area (Å²) >= 11 is 6.06. The van der Waals surface area contributed by atoms with Crippen LogP contribution < -0.4 is 10.6 Å². The maximum Gasteiger partial charge on any atom is 0.272 e. The van der Waals surface area contributed by atoms with Crippen LogP contribution in [0.3, 0.4) is 0 Å². The van der Waals surface area contributed by atoms with E-state index in [1.54, 1.807) is 18.2 Å². The molecular formula is C18H17ClN2O2. The lowest BCUT2D eigenvalue weighted by molar-refractivity contribution is -0.120. The Labute approximate surface area is 140 Å². The minimum absolute atomic E-state index is 0.167. The second kappa shape index (κ2) is 7.61. The summed E-state index contributed by atoms with van der Waals surface area (Å²) in [4.78, 5) is 23.8. The number of halogens is 1. The van der Waals surface area contributed by atoms with E-state index in [4.69, 9.17) is 11.6 Å². The highest BCUT2D eigenvalue weighted by Gasteiger charge is 2.12. The number of aryl methyl sites for hydroxylation is 1. The van der Waals surface area contributed by atoms with Crippen molar-refractivity contribution >= 4 is 35.2 Å². The molecule has 0 aliphatic carbocycles. The minimum Gasteiger partial charge on any atom is -0.322 e. The number of nitrogens with one attached hydrogen (secondary N) is 2. The van der Waals surface area contributed by atoms with Gasteiger partial charge in [-0.1, -0.05) is 48.0 Å². The lowest BCUT2D eigenvalue weighted by Crippen LogP contribution is -2.28. The standard InChI is InChI=1S/C18H17ClN2O2/c1-12-8-9-15(11-16(12)19)21-18(23)17(20-13(2)22)10-14-6-4-3-5-7-14/h3-11H,1-2H3,(H,20,22)(H,21,23). The molecule has 23 heavy (non-hydrogen) atoms. The van der Waals surface area contributed by atoms with E-state index in [0.717, 1.165) is 11.1 Å². The number of carbonyl (C=O) groups excluding carboxylic acids is 2. The highest BCUT2D eigenvalue weighted by molar-refractivity contribution is 6.31. The largest absolute Gasteiger partial charge is 0.322 e. The van der Waals surface area contributed by atoms with Gasteiger partial charge < -0.3 is 10.6 Å². The van der Waals surface area contributed by atoms with Gasteiger partial charge in [0, 0.05) is 17.6 Å². The van der Waals surface area contributed by atoms with Gasteiger partial charge in [0.05, 0.1) is 0 Å². The Bertz CT molecular complexity index is 755. The lowest BCUT2D eigenvalue weighted by Gasteiger charge is -2.10. The Balaban J connectivity index is 2.24. The van der Waals surface area contributed by atoms with E-state index in [-0.39, 0.29) is 11.6 Å². The first-order valence-corrected chi connectivity index (χ1v) is 7.45. The van der Waals surface area contributed by atoms with Crippen molar-refractivity contribution in [2.24, 2.45) is 0 Å². The Morgan fingerprint density at radius 2 is 1.78 bits per heavy atom. The van der Waals surface area contributed by atoms with Gasteiger partial charge in [-0.25, -0.2) is 0 Å². The van der Waals surface area contributed by atoms with E-state index in [1.165, 1.54) is 6.92 Å². The molecule has 118 valence electrons. The number of rotatable bonds is 4. The first-order chi connectivity index (χ1) is 11.0. The zero-order valence-corrected chi connectivity index (χ0v) is 13.6. The van der Waals surface area contributed by atoms with Gasteiger partial charge in [-0.3, -0.25) is 9.59 Å². The fraction of sp³-hybridized carbons (Fsp3) is 0.111. The Hall–Kier alpha value is -2.59. The molecular weight excluding hydrogens is 312 g/mol. The fourth-order valence-corrected chi connectivity index (χ4v) is 2.11. The van der Waals surface area contributed by atoms with Crippen molar-refractivity contribution in [2.75, 3.05) is 5.32 Å². The first kappa shape index (κ1) is 16.8. The summed E-state index contributed by atoms with van der Waals surface area (Å²) in [6, 6.07) is 14.5. The molecule has 0 aliphatic heterocycles. The summed E-state index contributed by atoms with van der Waals surface area (Å²) in [5.41, 5.74) is 2.47.